The Kier molecular flexibility index (Phi) is 21.8. The van der Waals surface area contributed by atoms with Crippen molar-refractivity contribution in [2.75, 3.05) is 36.2 Å². The topological polar surface area (TPSA) is 248 Å². The van der Waals surface area contributed by atoms with Gasteiger partial charge in [0.25, 0.3) is 5.91 Å². The average Bonchev–Trinajstić information content (AvgIpc) is 1.54. The monoisotopic (exact) mass is 1320 g/mol. The van der Waals surface area contributed by atoms with Crippen molar-refractivity contribution in [2.45, 2.75) is 142 Å². The predicted octanol–water partition coefficient (Wildman–Crippen LogP) is 14.8. The van der Waals surface area contributed by atoms with Gasteiger partial charge in [-0.1, -0.05) is 20.3 Å². The highest BCUT2D eigenvalue weighted by Gasteiger charge is 2.60. The Morgan fingerprint density at radius 3 is 1.58 bits per heavy atom. The van der Waals surface area contributed by atoms with Gasteiger partial charge in [0.15, 0.2) is 10.9 Å². The van der Waals surface area contributed by atoms with Gasteiger partial charge >= 0.3 is 24.7 Å². The Morgan fingerprint density at radius 2 is 1.14 bits per heavy atom. The molecule has 1 aliphatic heterocycles. The van der Waals surface area contributed by atoms with Gasteiger partial charge in [-0.15, -0.1) is 0 Å². The number of carbonyl (C=O) groups is 3. The van der Waals surface area contributed by atoms with Gasteiger partial charge in [0.05, 0.1) is 73.2 Å². The number of alkyl halides is 6. The van der Waals surface area contributed by atoms with Crippen molar-refractivity contribution in [2.24, 2.45) is 10.4 Å². The fourth-order valence-electron chi connectivity index (χ4n) is 9.83. The van der Waals surface area contributed by atoms with E-state index in [-0.39, 0.29) is 82.6 Å². The fraction of sp³-hybridized carbons (Fsp3) is 0.429. The number of halogens is 8. The first kappa shape index (κ1) is 70.2. The Bertz CT molecular complexity index is 4010. The van der Waals surface area contributed by atoms with E-state index in [1.165, 1.54) is 41.3 Å². The molecule has 6 aromatic rings. The van der Waals surface area contributed by atoms with E-state index in [4.69, 9.17) is 45.9 Å². The van der Waals surface area contributed by atoms with Gasteiger partial charge in [0.1, 0.15) is 71.7 Å². The molecule has 1 saturated heterocycles. The van der Waals surface area contributed by atoms with E-state index in [0.29, 0.717) is 61.4 Å². The van der Waals surface area contributed by atoms with Gasteiger partial charge in [-0.05, 0) is 171 Å². The first-order valence-electron chi connectivity index (χ1n) is 28.6. The number of fused-ring (bicyclic) bond motifs is 2. The van der Waals surface area contributed by atoms with Gasteiger partial charge in [-0.3, -0.25) is 9.69 Å². The number of hydrogen-bond donors (Lipinski definition) is 0. The van der Waals surface area contributed by atoms with E-state index < -0.39 is 86.6 Å². The molecule has 9 rings (SSSR count). The second-order valence-corrected chi connectivity index (χ2v) is 23.7. The molecular weight excluding hydrogens is 1260 g/mol. The zero-order valence-electron chi connectivity index (χ0n) is 51.0. The number of isothiocyanates is 1. The van der Waals surface area contributed by atoms with Crippen molar-refractivity contribution in [3.63, 3.8) is 0 Å². The van der Waals surface area contributed by atoms with Crippen molar-refractivity contribution < 1.29 is 77.9 Å². The van der Waals surface area contributed by atoms with Crippen LogP contribution in [0.5, 0.6) is 11.8 Å². The molecule has 1 spiro atoms. The molecule has 0 radical (unpaired) electrons. The molecule has 3 fully saturated rings. The van der Waals surface area contributed by atoms with E-state index in [2.05, 4.69) is 43.2 Å². The second-order valence-electron chi connectivity index (χ2n) is 23.2. The number of rotatable bonds is 15. The third-order valence-electron chi connectivity index (χ3n) is 14.3. The van der Waals surface area contributed by atoms with Crippen molar-refractivity contribution in [1.29, 1.82) is 15.8 Å². The smallest absolute Gasteiger partial charge is 0.474 e. The molecule has 92 heavy (non-hydrogen) atoms. The maximum Gasteiger partial charge on any atom is 0.508 e. The van der Waals surface area contributed by atoms with Crippen LogP contribution in [-0.4, -0.2) is 91.6 Å². The third-order valence-corrected chi connectivity index (χ3v) is 14.8. The molecule has 0 atom stereocenters. The number of benzene rings is 4. The van der Waals surface area contributed by atoms with Crippen LogP contribution in [0.2, 0.25) is 0 Å². The van der Waals surface area contributed by atoms with Crippen molar-refractivity contribution in [3.8, 4) is 30.0 Å². The molecular formula is C63H60F8N10O9S2. The zero-order chi connectivity index (χ0) is 67.7. The second kappa shape index (κ2) is 28.5. The van der Waals surface area contributed by atoms with Crippen LogP contribution < -0.4 is 19.3 Å². The van der Waals surface area contributed by atoms with Crippen LogP contribution in [0.1, 0.15) is 133 Å². The van der Waals surface area contributed by atoms with Crippen LogP contribution in [-0.2, 0) is 55.4 Å². The largest absolute Gasteiger partial charge is 0.508 e. The maximum absolute atomic E-state index is 15.8. The summed E-state index contributed by atoms with van der Waals surface area (Å²) < 4.78 is 141. The molecule has 0 bridgehead atoms. The molecule has 1 amide bonds. The Balaban J connectivity index is 0.000000223. The number of ether oxygens (including phenoxy) is 6. The highest BCUT2D eigenvalue weighted by atomic mass is 32.1. The first-order valence-corrected chi connectivity index (χ1v) is 29.4. The minimum absolute atomic E-state index is 0.00624. The van der Waals surface area contributed by atoms with Crippen LogP contribution in [0.4, 0.5) is 61.8 Å². The summed E-state index contributed by atoms with van der Waals surface area (Å²) in [6, 6.07) is 17.3. The summed E-state index contributed by atoms with van der Waals surface area (Å²) in [4.78, 5) is 60.7. The van der Waals surface area contributed by atoms with Crippen molar-refractivity contribution >= 4 is 91.8 Å². The predicted molar refractivity (Wildman–Crippen MR) is 325 cm³/mol. The third kappa shape index (κ3) is 16.6. The molecule has 2 aliphatic carbocycles. The van der Waals surface area contributed by atoms with Crippen LogP contribution in [0.3, 0.4) is 0 Å². The number of aromatic nitrogens is 4. The van der Waals surface area contributed by atoms with Gasteiger partial charge in [0.2, 0.25) is 11.8 Å². The lowest BCUT2D eigenvalue weighted by Gasteiger charge is -2.43. The van der Waals surface area contributed by atoms with Gasteiger partial charge in [-0.2, -0.15) is 57.1 Å². The fourth-order valence-corrected chi connectivity index (χ4v) is 10.4. The van der Waals surface area contributed by atoms with Crippen LogP contribution in [0.25, 0.3) is 21.8 Å². The van der Waals surface area contributed by atoms with E-state index in [1.54, 1.807) is 54.5 Å². The lowest BCUT2D eigenvalue weighted by atomic mass is 9.66. The van der Waals surface area contributed by atoms with Crippen LogP contribution in [0.15, 0.2) is 65.7 Å². The Morgan fingerprint density at radius 1 is 0.652 bits per heavy atom. The normalized spacial score (nSPS) is 14.8. The molecule has 4 aromatic carbocycles. The molecule has 29 heteroatoms. The standard InChI is InChI=1S/C31H29F4N5O5S.C23H28FN3O4.C9H3F3N2S/c1-5-23-37-24-20(25(38-23)43-11-12-44-28(42)45-29(2,3)4)13-19(15-22(24)32)40-27(46)39(26(41)30(40)9-6-10-30)18-8-7-17(16-36)21(14-18)31(33,34)35;1-5-18-26-19-16(11-15(12-17(19)24)13-23(14-25)7-6-8-23)20(27-18)29-9-10-30-21(28)31-22(2,3)4;10-9(11,12)8-3-7(14-5-15)2-1-6(8)4-13/h7-8,13-15H,5-6,9-12H2,1-4H3;11-12H,5-10,13H2,1-4H3;1-3H. The summed E-state index contributed by atoms with van der Waals surface area (Å²) in [5.41, 5.74) is -5.50. The SMILES string of the molecule is CCc1nc(OCCOC(=O)OC(C)(C)C)c2cc(CC3(C#N)CCC3)cc(F)c2n1.CCc1nc(OCCOC(=O)OC(C)(C)C)c2cc(N3C(=S)N(c4ccc(C#N)c(C(F)(F)F)c4)C(=O)C34CCC4)cc(F)c2n1.N#Cc1ccc(N=C=S)cc1C(F)(F)F. The van der Waals surface area contributed by atoms with E-state index in [1.807, 2.05) is 12.1 Å². The van der Waals surface area contributed by atoms with Crippen molar-refractivity contribution in [3.05, 3.63) is 112 Å². The highest BCUT2D eigenvalue weighted by molar-refractivity contribution is 7.81. The number of aryl methyl sites for hydroxylation is 2. The zero-order valence-corrected chi connectivity index (χ0v) is 52.6. The van der Waals surface area contributed by atoms with Gasteiger partial charge in [0, 0.05) is 18.5 Å². The summed E-state index contributed by atoms with van der Waals surface area (Å²) in [5.74, 6) is -0.822. The Hall–Kier alpha value is -9.23. The molecule has 2 saturated carbocycles. The number of nitrogens with zero attached hydrogens (tertiary/aromatic N) is 10. The number of nitriles is 3. The summed E-state index contributed by atoms with van der Waals surface area (Å²) in [6.07, 6.45) is -5.83. The number of hydrogen-bond acceptors (Lipinski definition) is 19. The number of amides is 1. The van der Waals surface area contributed by atoms with Crippen LogP contribution in [0, 0.1) is 51.0 Å². The molecule has 0 unspecified atom stereocenters. The average molecular weight is 1320 g/mol. The number of thiocarbonyl (C=S) groups is 2. The highest BCUT2D eigenvalue weighted by Crippen LogP contribution is 2.50. The lowest BCUT2D eigenvalue weighted by molar-refractivity contribution is -0.138. The Labute approximate surface area is 533 Å². The number of aliphatic imine (C=N–C) groups is 1. The first-order chi connectivity index (χ1) is 43.2. The molecule has 2 aromatic heterocycles. The molecule has 0 N–H and O–H groups in total. The summed E-state index contributed by atoms with van der Waals surface area (Å²) >= 11 is 9.94. The molecule has 3 heterocycles. The minimum Gasteiger partial charge on any atom is -0.474 e. The maximum atomic E-state index is 15.8. The number of carbonyl (C=O) groups excluding carboxylic acids is 3. The van der Waals surface area contributed by atoms with E-state index >= 15 is 4.39 Å². The molecule has 484 valence electrons. The summed E-state index contributed by atoms with van der Waals surface area (Å²) in [6.45, 7) is 13.6. The van der Waals surface area contributed by atoms with Gasteiger partial charge in [-0.25, -0.2) is 28.3 Å². The van der Waals surface area contributed by atoms with Crippen molar-refractivity contribution in [1.82, 2.24) is 19.9 Å². The van der Waals surface area contributed by atoms with E-state index in [9.17, 15) is 55.6 Å². The summed E-state index contributed by atoms with van der Waals surface area (Å²) in [7, 11) is 0. The number of anilines is 2. The summed E-state index contributed by atoms with van der Waals surface area (Å²) in [5, 5.41) is 29.6. The van der Waals surface area contributed by atoms with Gasteiger partial charge < -0.3 is 33.3 Å². The quantitative estimate of drug-likeness (QED) is 0.0305. The molecule has 19 nitrogen and oxygen atoms in total. The lowest BCUT2D eigenvalue weighted by Crippen LogP contribution is -2.55. The van der Waals surface area contributed by atoms with E-state index in [0.717, 1.165) is 48.4 Å². The van der Waals surface area contributed by atoms with Crippen LogP contribution >= 0.6 is 24.4 Å². The molecule has 3 aliphatic rings. The minimum atomic E-state index is -4.85.